The molecule has 0 unspecified atom stereocenters. The highest BCUT2D eigenvalue weighted by Crippen LogP contribution is 2.30. The number of ether oxygens (including phenoxy) is 2. The van der Waals surface area contributed by atoms with Crippen molar-refractivity contribution < 1.29 is 14.3 Å². The normalized spacial score (nSPS) is 12.9. The van der Waals surface area contributed by atoms with Crippen molar-refractivity contribution in [2.75, 3.05) is 23.8 Å². The average Bonchev–Trinajstić information content (AvgIpc) is 3.03. The summed E-state index contributed by atoms with van der Waals surface area (Å²) >= 11 is 3.77. The minimum atomic E-state index is -0.242. The van der Waals surface area contributed by atoms with E-state index in [1.807, 2.05) is 47.8 Å². The second-order valence-corrected chi connectivity index (χ2v) is 14.0. The van der Waals surface area contributed by atoms with Gasteiger partial charge in [0.25, 0.3) is 0 Å². The summed E-state index contributed by atoms with van der Waals surface area (Å²) in [6.45, 7) is 5.89. The van der Waals surface area contributed by atoms with Crippen LogP contribution in [0.3, 0.4) is 0 Å². The number of anilines is 2. The van der Waals surface area contributed by atoms with Crippen molar-refractivity contribution in [3.63, 3.8) is 0 Å². The molecule has 4 rings (SSSR count). The zero-order valence-corrected chi connectivity index (χ0v) is 29.0. The van der Waals surface area contributed by atoms with Gasteiger partial charge in [-0.1, -0.05) is 83.8 Å². The summed E-state index contributed by atoms with van der Waals surface area (Å²) in [5.41, 5.74) is 6.60. The first-order valence-corrected chi connectivity index (χ1v) is 19.3. The fourth-order valence-electron chi connectivity index (χ4n) is 5.48. The molecule has 1 aliphatic heterocycles. The highest BCUT2D eigenvalue weighted by molar-refractivity contribution is 7.98. The molecule has 244 valence electrons. The van der Waals surface area contributed by atoms with Crippen molar-refractivity contribution in [3.8, 4) is 11.5 Å². The van der Waals surface area contributed by atoms with E-state index in [1.54, 1.807) is 0 Å². The monoisotopic (exact) mass is 648 g/mol. The molecule has 3 aromatic carbocycles. The van der Waals surface area contributed by atoms with E-state index in [-0.39, 0.29) is 6.03 Å². The predicted molar refractivity (Wildman–Crippen MR) is 195 cm³/mol. The van der Waals surface area contributed by atoms with Crippen molar-refractivity contribution >= 4 is 40.9 Å². The summed E-state index contributed by atoms with van der Waals surface area (Å²) in [6, 6.07) is 20.5. The molecule has 0 radical (unpaired) electrons. The van der Waals surface area contributed by atoms with Crippen LogP contribution in [0.4, 0.5) is 16.2 Å². The maximum absolute atomic E-state index is 12.9. The number of hydrogen-bond acceptors (Lipinski definition) is 5. The SMILES string of the molecule is CCCCCCCCCCCCOc1ccc(NC(=O)Nc2cc3cc(c2)CSCc2cc(cc(OCCC)c2)CSC3)cc1. The number of benzene rings is 3. The zero-order chi connectivity index (χ0) is 31.5. The van der Waals surface area contributed by atoms with E-state index >= 15 is 0 Å². The highest BCUT2D eigenvalue weighted by atomic mass is 32.2. The lowest BCUT2D eigenvalue weighted by molar-refractivity contribution is 0.262. The zero-order valence-electron chi connectivity index (χ0n) is 27.3. The minimum Gasteiger partial charge on any atom is -0.494 e. The molecule has 4 bridgehead atoms. The fraction of sp³-hybridized carbons (Fsp3) is 0.500. The third-order valence-corrected chi connectivity index (χ3v) is 9.91. The van der Waals surface area contributed by atoms with Gasteiger partial charge in [-0.2, -0.15) is 23.5 Å². The van der Waals surface area contributed by atoms with Crippen molar-refractivity contribution in [1.82, 2.24) is 0 Å². The topological polar surface area (TPSA) is 59.6 Å². The molecule has 2 N–H and O–H groups in total. The number of carbonyl (C=O) groups excluding carboxylic acids is 1. The predicted octanol–water partition coefficient (Wildman–Crippen LogP) is 11.6. The molecule has 7 heteroatoms. The van der Waals surface area contributed by atoms with Gasteiger partial charge in [0.05, 0.1) is 13.2 Å². The summed E-state index contributed by atoms with van der Waals surface area (Å²) < 4.78 is 11.9. The molecule has 3 aromatic rings. The van der Waals surface area contributed by atoms with Gasteiger partial charge < -0.3 is 20.1 Å². The fourth-order valence-corrected chi connectivity index (χ4v) is 7.29. The Kier molecular flexibility index (Phi) is 15.9. The molecular weight excluding hydrogens is 597 g/mol. The lowest BCUT2D eigenvalue weighted by Crippen LogP contribution is -2.19. The average molecular weight is 649 g/mol. The largest absolute Gasteiger partial charge is 0.494 e. The van der Waals surface area contributed by atoms with Gasteiger partial charge in [-0.3, -0.25) is 0 Å². The Balaban J connectivity index is 1.19. The van der Waals surface area contributed by atoms with E-state index in [2.05, 4.69) is 60.9 Å². The molecule has 2 amide bonds. The molecule has 0 saturated carbocycles. The first kappa shape index (κ1) is 35.1. The Labute approximate surface area is 280 Å². The smallest absolute Gasteiger partial charge is 0.323 e. The van der Waals surface area contributed by atoms with Gasteiger partial charge in [-0.25, -0.2) is 4.79 Å². The van der Waals surface area contributed by atoms with E-state index in [0.29, 0.717) is 0 Å². The van der Waals surface area contributed by atoms with Gasteiger partial charge in [-0.05, 0) is 83.6 Å². The van der Waals surface area contributed by atoms with Crippen LogP contribution in [0.5, 0.6) is 11.5 Å². The first-order valence-electron chi connectivity index (χ1n) is 17.0. The Morgan fingerprint density at radius 3 is 1.60 bits per heavy atom. The van der Waals surface area contributed by atoms with E-state index in [9.17, 15) is 4.79 Å². The standard InChI is InChI=1S/C38H52N2O3S2/c1-3-5-6-7-8-9-10-11-12-13-19-43-36-16-14-34(15-17-36)39-38(41)40-35-22-30-20-31(23-35)27-45-29-33-21-32(28-44-26-30)24-37(25-33)42-18-4-2/h14-17,20-25H,3-13,18-19,26-29H2,1-2H3,(H2,39,40,41). The number of hydrogen-bond donors (Lipinski definition) is 2. The number of amides is 2. The van der Waals surface area contributed by atoms with Crippen LogP contribution in [0.25, 0.3) is 0 Å². The quantitative estimate of drug-likeness (QED) is 0.143. The maximum atomic E-state index is 12.9. The first-order chi connectivity index (χ1) is 22.1. The van der Waals surface area contributed by atoms with Crippen molar-refractivity contribution in [3.05, 3.63) is 82.9 Å². The number of unbranched alkanes of at least 4 members (excludes halogenated alkanes) is 9. The summed E-state index contributed by atoms with van der Waals surface area (Å²) in [7, 11) is 0. The number of nitrogens with one attached hydrogen (secondary N) is 2. The van der Waals surface area contributed by atoms with Gasteiger partial charge in [0.15, 0.2) is 0 Å². The molecule has 5 nitrogen and oxygen atoms in total. The van der Waals surface area contributed by atoms with Crippen LogP contribution in [0.15, 0.2) is 60.7 Å². The number of thioether (sulfide) groups is 2. The van der Waals surface area contributed by atoms with Gasteiger partial charge in [0.2, 0.25) is 0 Å². The summed E-state index contributed by atoms with van der Waals surface area (Å²) in [5, 5.41) is 6.03. The lowest BCUT2D eigenvalue weighted by Gasteiger charge is -2.15. The summed E-state index contributed by atoms with van der Waals surface area (Å²) in [5.74, 6) is 5.43. The molecule has 0 saturated heterocycles. The van der Waals surface area contributed by atoms with Crippen molar-refractivity contribution in [1.29, 1.82) is 0 Å². The van der Waals surface area contributed by atoms with Gasteiger partial charge in [0.1, 0.15) is 11.5 Å². The maximum Gasteiger partial charge on any atom is 0.323 e. The van der Waals surface area contributed by atoms with Crippen LogP contribution in [0, 0.1) is 0 Å². The van der Waals surface area contributed by atoms with E-state index in [1.165, 1.54) is 80.0 Å². The lowest BCUT2D eigenvalue weighted by atomic mass is 10.1. The number of carbonyl (C=O) groups is 1. The number of rotatable bonds is 17. The van der Waals surface area contributed by atoms with Crippen LogP contribution >= 0.6 is 23.5 Å². The Morgan fingerprint density at radius 2 is 1.04 bits per heavy atom. The molecule has 0 aromatic heterocycles. The molecule has 0 aliphatic carbocycles. The Bertz CT molecular complexity index is 1250. The van der Waals surface area contributed by atoms with Crippen LogP contribution in [0.1, 0.15) is 107 Å². The second kappa shape index (κ2) is 20.4. The third kappa shape index (κ3) is 13.6. The molecule has 0 fully saturated rings. The highest BCUT2D eigenvalue weighted by Gasteiger charge is 2.10. The van der Waals surface area contributed by atoms with E-state index in [0.717, 1.165) is 71.9 Å². The van der Waals surface area contributed by atoms with Crippen LogP contribution in [-0.2, 0) is 23.0 Å². The summed E-state index contributed by atoms with van der Waals surface area (Å²) in [4.78, 5) is 12.9. The Morgan fingerprint density at radius 1 is 0.556 bits per heavy atom. The number of fused-ring (bicyclic) bond motifs is 4. The molecular formula is C38H52N2O3S2. The van der Waals surface area contributed by atoms with Crippen LogP contribution < -0.4 is 20.1 Å². The minimum absolute atomic E-state index is 0.242. The Hall–Kier alpha value is -2.77. The van der Waals surface area contributed by atoms with Crippen LogP contribution in [-0.4, -0.2) is 19.2 Å². The van der Waals surface area contributed by atoms with Gasteiger partial charge in [0, 0.05) is 34.4 Å². The molecule has 1 heterocycles. The van der Waals surface area contributed by atoms with Crippen molar-refractivity contribution in [2.24, 2.45) is 0 Å². The molecule has 0 spiro atoms. The van der Waals surface area contributed by atoms with Gasteiger partial charge in [-0.15, -0.1) is 0 Å². The van der Waals surface area contributed by atoms with Gasteiger partial charge >= 0.3 is 6.03 Å². The van der Waals surface area contributed by atoms with Crippen LogP contribution in [0.2, 0.25) is 0 Å². The third-order valence-electron chi connectivity index (χ3n) is 7.76. The second-order valence-electron chi connectivity index (χ2n) is 12.0. The molecule has 1 aliphatic rings. The van der Waals surface area contributed by atoms with Crippen molar-refractivity contribution in [2.45, 2.75) is 107 Å². The molecule has 45 heavy (non-hydrogen) atoms. The molecule has 0 atom stereocenters. The number of urea groups is 1. The van der Waals surface area contributed by atoms with E-state index in [4.69, 9.17) is 9.47 Å². The summed E-state index contributed by atoms with van der Waals surface area (Å²) in [6.07, 6.45) is 14.2. The van der Waals surface area contributed by atoms with E-state index < -0.39 is 0 Å².